The lowest BCUT2D eigenvalue weighted by atomic mass is 9.88. The van der Waals surface area contributed by atoms with Gasteiger partial charge in [0.15, 0.2) is 5.54 Å². The van der Waals surface area contributed by atoms with Gasteiger partial charge in [0, 0.05) is 12.8 Å². The summed E-state index contributed by atoms with van der Waals surface area (Å²) in [6.45, 7) is 1.25. The monoisotopic (exact) mass is 577 g/mol. The van der Waals surface area contributed by atoms with E-state index in [1.807, 2.05) is 0 Å². The van der Waals surface area contributed by atoms with Gasteiger partial charge in [-0.25, -0.2) is 13.6 Å². The molecule has 4 amide bonds. The molecule has 42 heavy (non-hydrogen) atoms. The molecule has 11 heteroatoms. The number of nitrogens with zero attached hydrogens (tertiary/aromatic N) is 1. The summed E-state index contributed by atoms with van der Waals surface area (Å²) < 4.78 is 34.8. The van der Waals surface area contributed by atoms with Gasteiger partial charge in [0.25, 0.3) is 24.1 Å². The molecule has 3 aromatic carbocycles. The molecule has 218 valence electrons. The van der Waals surface area contributed by atoms with Crippen molar-refractivity contribution >= 4 is 29.6 Å². The fraction of sp³-hybridized carbons (Fsp3) is 0.258. The molecule has 0 aliphatic carbocycles. The van der Waals surface area contributed by atoms with Crippen LogP contribution in [0.3, 0.4) is 0 Å². The van der Waals surface area contributed by atoms with E-state index in [2.05, 4.69) is 15.4 Å². The molecule has 0 spiro atoms. The van der Waals surface area contributed by atoms with Gasteiger partial charge in [-0.15, -0.1) is 0 Å². The highest BCUT2D eigenvalue weighted by Crippen LogP contribution is 2.28. The van der Waals surface area contributed by atoms with Gasteiger partial charge in [0.1, 0.15) is 12.1 Å². The highest BCUT2D eigenvalue weighted by Gasteiger charge is 2.52. The highest BCUT2D eigenvalue weighted by atomic mass is 19.3. The van der Waals surface area contributed by atoms with Crippen LogP contribution >= 0.6 is 0 Å². The summed E-state index contributed by atoms with van der Waals surface area (Å²) in [4.78, 5) is 67.0. The maximum Gasteiger partial charge on any atom is 0.328 e. The third-order valence-electron chi connectivity index (χ3n) is 7.06. The Balaban J connectivity index is 1.76. The van der Waals surface area contributed by atoms with Gasteiger partial charge in [-0.3, -0.25) is 24.1 Å². The summed E-state index contributed by atoms with van der Waals surface area (Å²) in [6.07, 6.45) is -4.33. The Morgan fingerprint density at radius 1 is 0.833 bits per heavy atom. The summed E-state index contributed by atoms with van der Waals surface area (Å²) in [5.74, 6) is -4.90. The minimum absolute atomic E-state index is 0.0717. The van der Waals surface area contributed by atoms with E-state index in [1.54, 1.807) is 60.7 Å². The van der Waals surface area contributed by atoms with Crippen LogP contribution in [0.1, 0.15) is 38.8 Å². The Labute approximate surface area is 240 Å². The van der Waals surface area contributed by atoms with Gasteiger partial charge < -0.3 is 15.4 Å². The van der Waals surface area contributed by atoms with Crippen LogP contribution in [-0.4, -0.2) is 65.7 Å². The molecule has 3 atom stereocenters. The first-order chi connectivity index (χ1) is 20.1. The van der Waals surface area contributed by atoms with E-state index in [-0.39, 0.29) is 17.5 Å². The molecule has 2 N–H and O–H groups in total. The molecule has 1 heterocycles. The Kier molecular flexibility index (Phi) is 9.09. The summed E-state index contributed by atoms with van der Waals surface area (Å²) in [7, 11) is 1.08. The average Bonchev–Trinajstić information content (AvgIpc) is 3.25. The van der Waals surface area contributed by atoms with Gasteiger partial charge in [0.05, 0.1) is 18.2 Å². The number of hydrogen-bond donors (Lipinski definition) is 2. The van der Waals surface area contributed by atoms with E-state index >= 15 is 8.78 Å². The number of esters is 1. The van der Waals surface area contributed by atoms with Crippen molar-refractivity contribution in [3.63, 3.8) is 0 Å². The predicted octanol–water partition coefficient (Wildman–Crippen LogP) is 2.93. The first-order valence-electron chi connectivity index (χ1n) is 13.1. The number of hydrogen-bond acceptors (Lipinski definition) is 6. The number of ether oxygens (including phenoxy) is 1. The van der Waals surface area contributed by atoms with Crippen molar-refractivity contribution in [3.8, 4) is 0 Å². The fourth-order valence-corrected chi connectivity index (χ4v) is 4.82. The zero-order chi connectivity index (χ0) is 30.4. The lowest BCUT2D eigenvalue weighted by Crippen LogP contribution is -2.68. The Morgan fingerprint density at radius 2 is 1.33 bits per heavy atom. The molecule has 0 fully saturated rings. The van der Waals surface area contributed by atoms with Crippen LogP contribution in [0, 0.1) is 0 Å². The SMILES string of the molecule is COC(=O)[C@H](C)NC(=O)[C@](Cc1ccccc1)(NC(=O)[C@H](Cc1ccccc1)N1C(=O)c2ccccc2C1=O)C(F)F. The number of methoxy groups -OCH3 is 1. The normalized spacial score (nSPS) is 15.4. The summed E-state index contributed by atoms with van der Waals surface area (Å²) in [5, 5.41) is 4.42. The van der Waals surface area contributed by atoms with Crippen LogP contribution in [0.5, 0.6) is 0 Å². The largest absolute Gasteiger partial charge is 0.467 e. The second-order valence-corrected chi connectivity index (χ2v) is 9.87. The molecular formula is C31H29F2N3O6. The van der Waals surface area contributed by atoms with Crippen LogP contribution in [0.4, 0.5) is 8.78 Å². The first-order valence-corrected chi connectivity index (χ1v) is 13.1. The summed E-state index contributed by atoms with van der Waals surface area (Å²) >= 11 is 0. The van der Waals surface area contributed by atoms with Crippen molar-refractivity contribution in [2.45, 2.75) is 43.8 Å². The molecule has 4 rings (SSSR count). The minimum Gasteiger partial charge on any atom is -0.467 e. The van der Waals surface area contributed by atoms with Gasteiger partial charge in [-0.1, -0.05) is 72.8 Å². The fourth-order valence-electron chi connectivity index (χ4n) is 4.82. The number of halogens is 2. The minimum atomic E-state index is -3.47. The van der Waals surface area contributed by atoms with E-state index < -0.39 is 60.1 Å². The maximum absolute atomic E-state index is 15.1. The van der Waals surface area contributed by atoms with Crippen molar-refractivity contribution in [2.24, 2.45) is 0 Å². The van der Waals surface area contributed by atoms with Crippen LogP contribution in [0.2, 0.25) is 0 Å². The second kappa shape index (κ2) is 12.7. The number of nitrogens with one attached hydrogen (secondary N) is 2. The molecule has 9 nitrogen and oxygen atoms in total. The zero-order valence-corrected chi connectivity index (χ0v) is 22.9. The number of benzene rings is 3. The number of rotatable bonds is 11. The Bertz CT molecular complexity index is 1450. The quantitative estimate of drug-likeness (QED) is 0.267. The second-order valence-electron chi connectivity index (χ2n) is 9.87. The van der Waals surface area contributed by atoms with Crippen molar-refractivity contribution in [2.75, 3.05) is 7.11 Å². The standard InChI is InChI=1S/C31H29F2N3O6/c1-19(28(40)42-2)34-30(41)31(29(32)33,18-21-13-7-4-8-14-21)35-25(37)24(17-20-11-5-3-6-12-20)36-26(38)22-15-9-10-16-23(22)27(36)39/h3-16,19,24,29H,17-18H2,1-2H3,(H,34,41)(H,35,37)/t19-,24-,31+/m0/s1. The third kappa shape index (κ3) is 6.04. The van der Waals surface area contributed by atoms with Crippen molar-refractivity contribution < 1.29 is 37.5 Å². The average molecular weight is 578 g/mol. The predicted molar refractivity (Wildman–Crippen MR) is 148 cm³/mol. The Morgan fingerprint density at radius 3 is 1.83 bits per heavy atom. The number of alkyl halides is 2. The first kappa shape index (κ1) is 30.0. The van der Waals surface area contributed by atoms with Crippen LogP contribution in [0.25, 0.3) is 0 Å². The van der Waals surface area contributed by atoms with Crippen molar-refractivity contribution in [1.29, 1.82) is 0 Å². The number of fused-ring (bicyclic) bond motifs is 1. The molecule has 3 aromatic rings. The van der Waals surface area contributed by atoms with Crippen LogP contribution < -0.4 is 10.6 Å². The summed E-state index contributed by atoms with van der Waals surface area (Å²) in [6, 6.07) is 19.4. The molecule has 0 saturated carbocycles. The van der Waals surface area contributed by atoms with E-state index in [0.717, 1.165) is 12.0 Å². The van der Waals surface area contributed by atoms with Crippen molar-refractivity contribution in [1.82, 2.24) is 15.5 Å². The molecule has 0 aromatic heterocycles. The van der Waals surface area contributed by atoms with E-state index in [9.17, 15) is 24.0 Å². The number of carbonyl (C=O) groups is 5. The molecule has 1 aliphatic heterocycles. The molecular weight excluding hydrogens is 548 g/mol. The smallest absolute Gasteiger partial charge is 0.328 e. The zero-order valence-electron chi connectivity index (χ0n) is 22.9. The van der Waals surface area contributed by atoms with Crippen LogP contribution in [0.15, 0.2) is 84.9 Å². The van der Waals surface area contributed by atoms with E-state index in [0.29, 0.717) is 11.1 Å². The maximum atomic E-state index is 15.1. The van der Waals surface area contributed by atoms with Gasteiger partial charge in [-0.2, -0.15) is 0 Å². The van der Waals surface area contributed by atoms with E-state index in [1.165, 1.54) is 31.2 Å². The Hall–Kier alpha value is -4.93. The lowest BCUT2D eigenvalue weighted by Gasteiger charge is -2.36. The van der Waals surface area contributed by atoms with Gasteiger partial charge >= 0.3 is 5.97 Å². The lowest BCUT2D eigenvalue weighted by molar-refractivity contribution is -0.148. The van der Waals surface area contributed by atoms with Gasteiger partial charge in [-0.05, 0) is 30.2 Å². The number of imide groups is 1. The number of carbonyl (C=O) groups excluding carboxylic acids is 5. The molecule has 0 saturated heterocycles. The van der Waals surface area contributed by atoms with Crippen LogP contribution in [-0.2, 0) is 32.0 Å². The molecule has 0 bridgehead atoms. The van der Waals surface area contributed by atoms with Crippen molar-refractivity contribution in [3.05, 3.63) is 107 Å². The third-order valence-corrected chi connectivity index (χ3v) is 7.06. The molecule has 0 radical (unpaired) electrons. The number of amides is 4. The topological polar surface area (TPSA) is 122 Å². The molecule has 1 aliphatic rings. The highest BCUT2D eigenvalue weighted by molar-refractivity contribution is 6.23. The van der Waals surface area contributed by atoms with Gasteiger partial charge in [0.2, 0.25) is 5.91 Å². The van der Waals surface area contributed by atoms with E-state index in [4.69, 9.17) is 0 Å². The summed E-state index contributed by atoms with van der Waals surface area (Å²) in [5.41, 5.74) is -1.90. The molecule has 0 unspecified atom stereocenters.